The molecule has 1 saturated carbocycles. The number of anilines is 1. The van der Waals surface area contributed by atoms with Crippen LogP contribution in [0.5, 0.6) is 0 Å². The molecule has 0 radical (unpaired) electrons. The molecule has 21 heavy (non-hydrogen) atoms. The fourth-order valence-electron chi connectivity index (χ4n) is 3.06. The van der Waals surface area contributed by atoms with Crippen LogP contribution in [0, 0.1) is 6.92 Å². The smallest absolute Gasteiger partial charge is 0.246 e. The lowest BCUT2D eigenvalue weighted by atomic mass is 9.97. The molecule has 1 fully saturated rings. The molecule has 7 nitrogen and oxygen atoms in total. The summed E-state index contributed by atoms with van der Waals surface area (Å²) in [4.78, 5) is 2.22. The number of nitrogens with one attached hydrogen (secondary N) is 1. The first-order chi connectivity index (χ1) is 9.69. The van der Waals surface area contributed by atoms with E-state index in [0.717, 1.165) is 25.7 Å². The maximum atomic E-state index is 12.5. The van der Waals surface area contributed by atoms with Gasteiger partial charge in [-0.05, 0) is 33.9 Å². The molecule has 120 valence electrons. The maximum absolute atomic E-state index is 12.5. The summed E-state index contributed by atoms with van der Waals surface area (Å²) in [6.45, 7) is 2.10. The van der Waals surface area contributed by atoms with Crippen molar-refractivity contribution in [2.75, 3.05) is 26.4 Å². The van der Waals surface area contributed by atoms with E-state index in [-0.39, 0.29) is 16.3 Å². The molecule has 0 aliphatic heterocycles. The second-order valence-corrected chi connectivity index (χ2v) is 7.78. The fraction of sp³-hybridized carbons (Fsp3) is 0.769. The molecule has 0 atom stereocenters. The summed E-state index contributed by atoms with van der Waals surface area (Å²) < 4.78 is 29.3. The van der Waals surface area contributed by atoms with Crippen molar-refractivity contribution >= 4 is 15.8 Å². The lowest BCUT2D eigenvalue weighted by Crippen LogP contribution is -2.50. The van der Waals surface area contributed by atoms with Gasteiger partial charge in [-0.15, -0.1) is 0 Å². The molecule has 0 aromatic carbocycles. The molecular weight excluding hydrogens is 290 g/mol. The predicted molar refractivity (Wildman–Crippen MR) is 82.4 cm³/mol. The Labute approximate surface area is 126 Å². The van der Waals surface area contributed by atoms with Gasteiger partial charge >= 0.3 is 0 Å². The van der Waals surface area contributed by atoms with E-state index in [4.69, 9.17) is 5.73 Å². The van der Waals surface area contributed by atoms with Crippen LogP contribution in [0.3, 0.4) is 0 Å². The number of hydrogen-bond donors (Lipinski definition) is 2. The van der Waals surface area contributed by atoms with Crippen LogP contribution in [0.15, 0.2) is 4.90 Å². The van der Waals surface area contributed by atoms with Crippen LogP contribution < -0.4 is 10.5 Å². The number of sulfonamides is 1. The first-order valence-electron chi connectivity index (χ1n) is 7.16. The standard InChI is InChI=1S/C13H25N5O2S/c1-10-11(12(14)16-18(10)4)21(19,20)15-9-13(17(2)3)7-5-6-8-13/h15H,5-9H2,1-4H3,(H2,14,16). The molecule has 0 spiro atoms. The zero-order valence-electron chi connectivity index (χ0n) is 13.2. The Hall–Kier alpha value is -1.12. The first kappa shape index (κ1) is 16.3. The number of likely N-dealkylation sites (N-methyl/N-ethyl adjacent to an activating group) is 1. The highest BCUT2D eigenvalue weighted by atomic mass is 32.2. The summed E-state index contributed by atoms with van der Waals surface area (Å²) in [5, 5.41) is 3.97. The second-order valence-electron chi connectivity index (χ2n) is 6.07. The van der Waals surface area contributed by atoms with Gasteiger partial charge in [0, 0.05) is 19.1 Å². The molecular formula is C13H25N5O2S. The van der Waals surface area contributed by atoms with E-state index in [0.29, 0.717) is 12.2 Å². The molecule has 0 saturated heterocycles. The van der Waals surface area contributed by atoms with Crippen LogP contribution in [0.2, 0.25) is 0 Å². The van der Waals surface area contributed by atoms with Gasteiger partial charge in [0.2, 0.25) is 10.0 Å². The van der Waals surface area contributed by atoms with E-state index in [1.807, 2.05) is 14.1 Å². The van der Waals surface area contributed by atoms with Gasteiger partial charge in [0.1, 0.15) is 4.90 Å². The Morgan fingerprint density at radius 3 is 2.38 bits per heavy atom. The minimum Gasteiger partial charge on any atom is -0.381 e. The Bertz CT molecular complexity index is 615. The molecule has 1 aliphatic carbocycles. The second kappa shape index (κ2) is 5.58. The normalized spacial score (nSPS) is 18.5. The predicted octanol–water partition coefficient (Wildman–Crippen LogP) is 0.463. The minimum atomic E-state index is -3.64. The molecule has 1 aliphatic rings. The zero-order chi connectivity index (χ0) is 15.8. The fourth-order valence-corrected chi connectivity index (χ4v) is 4.50. The van der Waals surface area contributed by atoms with Crippen LogP contribution in [0.1, 0.15) is 31.4 Å². The molecule has 0 unspecified atom stereocenters. The number of nitrogen functional groups attached to an aromatic ring is 1. The Balaban J connectivity index is 2.22. The highest BCUT2D eigenvalue weighted by Gasteiger charge is 2.37. The largest absolute Gasteiger partial charge is 0.381 e. The summed E-state index contributed by atoms with van der Waals surface area (Å²) in [6.07, 6.45) is 4.27. The molecule has 2 rings (SSSR count). The highest BCUT2D eigenvalue weighted by Crippen LogP contribution is 2.33. The van der Waals surface area contributed by atoms with Gasteiger partial charge in [0.25, 0.3) is 0 Å². The third-order valence-electron chi connectivity index (χ3n) is 4.65. The molecule has 1 heterocycles. The number of rotatable bonds is 5. The summed E-state index contributed by atoms with van der Waals surface area (Å²) in [5.74, 6) is 0.0489. The number of aryl methyl sites for hydroxylation is 1. The lowest BCUT2D eigenvalue weighted by molar-refractivity contribution is 0.162. The average molecular weight is 315 g/mol. The van der Waals surface area contributed by atoms with E-state index in [1.54, 1.807) is 14.0 Å². The van der Waals surface area contributed by atoms with Crippen molar-refractivity contribution in [3.05, 3.63) is 5.69 Å². The maximum Gasteiger partial charge on any atom is 0.246 e. The number of nitrogens with zero attached hydrogens (tertiary/aromatic N) is 3. The van der Waals surface area contributed by atoms with Gasteiger partial charge < -0.3 is 10.6 Å². The van der Waals surface area contributed by atoms with Crippen LogP contribution in [-0.4, -0.2) is 49.3 Å². The molecule has 1 aromatic rings. The summed E-state index contributed by atoms with van der Waals surface area (Å²) >= 11 is 0. The molecule has 3 N–H and O–H groups in total. The Morgan fingerprint density at radius 2 is 1.95 bits per heavy atom. The van der Waals surface area contributed by atoms with E-state index < -0.39 is 10.0 Å². The van der Waals surface area contributed by atoms with E-state index in [1.165, 1.54) is 4.68 Å². The van der Waals surface area contributed by atoms with Crippen molar-refractivity contribution in [1.29, 1.82) is 0 Å². The quantitative estimate of drug-likeness (QED) is 0.823. The minimum absolute atomic E-state index is 0.0489. The van der Waals surface area contributed by atoms with E-state index in [2.05, 4.69) is 14.7 Å². The molecule has 8 heteroatoms. The summed E-state index contributed by atoms with van der Waals surface area (Å²) in [6, 6.07) is 0. The van der Waals surface area contributed by atoms with Gasteiger partial charge in [0.05, 0.1) is 5.69 Å². The lowest BCUT2D eigenvalue weighted by Gasteiger charge is -2.36. The monoisotopic (exact) mass is 315 g/mol. The Morgan fingerprint density at radius 1 is 1.38 bits per heavy atom. The number of nitrogens with two attached hydrogens (primary N) is 1. The van der Waals surface area contributed by atoms with Crippen LogP contribution in [-0.2, 0) is 17.1 Å². The van der Waals surface area contributed by atoms with Crippen molar-refractivity contribution in [1.82, 2.24) is 19.4 Å². The van der Waals surface area contributed by atoms with Gasteiger partial charge in [-0.2, -0.15) is 5.10 Å². The van der Waals surface area contributed by atoms with Crippen molar-refractivity contribution in [2.24, 2.45) is 7.05 Å². The highest BCUT2D eigenvalue weighted by molar-refractivity contribution is 7.89. The third-order valence-corrected chi connectivity index (χ3v) is 6.21. The van der Waals surface area contributed by atoms with Crippen LogP contribution >= 0.6 is 0 Å². The van der Waals surface area contributed by atoms with Crippen molar-refractivity contribution in [3.8, 4) is 0 Å². The van der Waals surface area contributed by atoms with E-state index >= 15 is 0 Å². The number of hydrogen-bond acceptors (Lipinski definition) is 5. The third kappa shape index (κ3) is 2.93. The van der Waals surface area contributed by atoms with E-state index in [9.17, 15) is 8.42 Å². The Kier molecular flexibility index (Phi) is 4.32. The van der Waals surface area contributed by atoms with Crippen molar-refractivity contribution in [2.45, 2.75) is 43.0 Å². The van der Waals surface area contributed by atoms with Crippen LogP contribution in [0.4, 0.5) is 5.82 Å². The zero-order valence-corrected chi connectivity index (χ0v) is 14.0. The van der Waals surface area contributed by atoms with Gasteiger partial charge in [-0.25, -0.2) is 13.1 Å². The van der Waals surface area contributed by atoms with Crippen molar-refractivity contribution < 1.29 is 8.42 Å². The van der Waals surface area contributed by atoms with Gasteiger partial charge in [-0.1, -0.05) is 12.8 Å². The topological polar surface area (TPSA) is 93.2 Å². The first-order valence-corrected chi connectivity index (χ1v) is 8.64. The van der Waals surface area contributed by atoms with Gasteiger partial charge in [-0.3, -0.25) is 4.68 Å². The number of aromatic nitrogens is 2. The summed E-state index contributed by atoms with van der Waals surface area (Å²) in [7, 11) is 2.05. The molecule has 0 amide bonds. The van der Waals surface area contributed by atoms with Gasteiger partial charge in [0.15, 0.2) is 5.82 Å². The summed E-state index contributed by atoms with van der Waals surface area (Å²) in [5.41, 5.74) is 6.19. The van der Waals surface area contributed by atoms with Crippen LogP contribution in [0.25, 0.3) is 0 Å². The molecule has 1 aromatic heterocycles. The average Bonchev–Trinajstić information content (AvgIpc) is 2.94. The SMILES string of the molecule is Cc1c(S(=O)(=O)NCC2(N(C)C)CCCC2)c(N)nn1C. The van der Waals surface area contributed by atoms with Crippen molar-refractivity contribution in [3.63, 3.8) is 0 Å². The molecule has 0 bridgehead atoms.